The first-order valence-electron chi connectivity index (χ1n) is 10.0. The van der Waals surface area contributed by atoms with Crippen LogP contribution >= 0.6 is 0 Å². The quantitative estimate of drug-likeness (QED) is 0.572. The van der Waals surface area contributed by atoms with E-state index in [0.717, 1.165) is 56.3 Å². The standard InChI is InChI=1S/C22H26N4O3/c1-17(27)28-16-21-6-5-20(29-21)15-25-11-7-18(8-12-25)22-24-10-13-26(22)14-19-4-2-3-9-23-19/h2-6,9-10,13,18H,7-8,11-12,14-16H2,1H3. The highest BCUT2D eigenvalue weighted by molar-refractivity contribution is 5.65. The number of carbonyl (C=O) groups excluding carboxylic acids is 1. The number of aromatic nitrogens is 3. The molecule has 3 aromatic heterocycles. The molecule has 29 heavy (non-hydrogen) atoms. The molecule has 152 valence electrons. The fourth-order valence-corrected chi connectivity index (χ4v) is 3.81. The van der Waals surface area contributed by atoms with Crippen molar-refractivity contribution in [2.75, 3.05) is 13.1 Å². The Morgan fingerprint density at radius 1 is 1.10 bits per heavy atom. The minimum atomic E-state index is -0.300. The predicted molar refractivity (Wildman–Crippen MR) is 107 cm³/mol. The molecule has 1 fully saturated rings. The van der Waals surface area contributed by atoms with Crippen LogP contribution in [0, 0.1) is 0 Å². The highest BCUT2D eigenvalue weighted by atomic mass is 16.5. The van der Waals surface area contributed by atoms with Crippen LogP contribution in [0.2, 0.25) is 0 Å². The van der Waals surface area contributed by atoms with Gasteiger partial charge in [0.25, 0.3) is 0 Å². The second-order valence-corrected chi connectivity index (χ2v) is 7.43. The number of ether oxygens (including phenoxy) is 1. The molecule has 1 saturated heterocycles. The number of pyridine rings is 1. The van der Waals surface area contributed by atoms with E-state index in [2.05, 4.69) is 19.4 Å². The maximum Gasteiger partial charge on any atom is 0.303 e. The molecule has 3 aromatic rings. The van der Waals surface area contributed by atoms with Crippen LogP contribution in [0.15, 0.2) is 53.3 Å². The fraction of sp³-hybridized carbons (Fsp3) is 0.409. The summed E-state index contributed by atoms with van der Waals surface area (Å²) in [5, 5.41) is 0. The maximum atomic E-state index is 10.9. The SMILES string of the molecule is CC(=O)OCc1ccc(CN2CCC(c3nccn3Cc3ccccn3)CC2)o1. The van der Waals surface area contributed by atoms with Crippen LogP contribution in [0.1, 0.15) is 48.7 Å². The van der Waals surface area contributed by atoms with Crippen molar-refractivity contribution >= 4 is 5.97 Å². The largest absolute Gasteiger partial charge is 0.461 e. The van der Waals surface area contributed by atoms with Gasteiger partial charge in [0.05, 0.1) is 18.8 Å². The second kappa shape index (κ2) is 9.05. The molecule has 0 radical (unpaired) electrons. The number of esters is 1. The van der Waals surface area contributed by atoms with E-state index in [9.17, 15) is 4.79 Å². The fourth-order valence-electron chi connectivity index (χ4n) is 3.81. The zero-order chi connectivity index (χ0) is 20.1. The first kappa shape index (κ1) is 19.4. The number of carbonyl (C=O) groups is 1. The summed E-state index contributed by atoms with van der Waals surface area (Å²) in [6.45, 7) is 5.12. The zero-order valence-corrected chi connectivity index (χ0v) is 16.7. The number of piperidine rings is 1. The van der Waals surface area contributed by atoms with Crippen LogP contribution in [0.5, 0.6) is 0 Å². The van der Waals surface area contributed by atoms with Crippen molar-refractivity contribution in [2.24, 2.45) is 0 Å². The van der Waals surface area contributed by atoms with Gasteiger partial charge in [0.1, 0.15) is 24.0 Å². The van der Waals surface area contributed by atoms with Crippen molar-refractivity contribution in [3.63, 3.8) is 0 Å². The van der Waals surface area contributed by atoms with Gasteiger partial charge in [-0.15, -0.1) is 0 Å². The molecule has 0 aliphatic carbocycles. The lowest BCUT2D eigenvalue weighted by atomic mass is 9.95. The van der Waals surface area contributed by atoms with Crippen molar-refractivity contribution in [3.8, 4) is 0 Å². The van der Waals surface area contributed by atoms with Gasteiger partial charge < -0.3 is 13.7 Å². The van der Waals surface area contributed by atoms with Gasteiger partial charge in [0.15, 0.2) is 0 Å². The number of furan rings is 1. The molecule has 0 amide bonds. The van der Waals surface area contributed by atoms with Crippen molar-refractivity contribution < 1.29 is 13.9 Å². The van der Waals surface area contributed by atoms with E-state index in [1.165, 1.54) is 6.92 Å². The third-order valence-electron chi connectivity index (χ3n) is 5.27. The van der Waals surface area contributed by atoms with Gasteiger partial charge in [-0.25, -0.2) is 4.98 Å². The molecule has 7 nitrogen and oxygen atoms in total. The summed E-state index contributed by atoms with van der Waals surface area (Å²) in [5.41, 5.74) is 1.05. The van der Waals surface area contributed by atoms with Gasteiger partial charge in [-0.3, -0.25) is 14.7 Å². The molecule has 0 N–H and O–H groups in total. The van der Waals surface area contributed by atoms with Gasteiger partial charge in [-0.05, 0) is 50.2 Å². The third-order valence-corrected chi connectivity index (χ3v) is 5.27. The van der Waals surface area contributed by atoms with Gasteiger partial charge in [0.2, 0.25) is 0 Å². The average molecular weight is 394 g/mol. The third kappa shape index (κ3) is 5.12. The molecular weight excluding hydrogens is 368 g/mol. The summed E-state index contributed by atoms with van der Waals surface area (Å²) in [5.74, 6) is 2.90. The molecule has 0 aromatic carbocycles. The predicted octanol–water partition coefficient (Wildman–Crippen LogP) is 3.36. The van der Waals surface area contributed by atoms with Crippen molar-refractivity contribution in [3.05, 3.63) is 72.0 Å². The van der Waals surface area contributed by atoms with E-state index in [4.69, 9.17) is 9.15 Å². The van der Waals surface area contributed by atoms with Crippen molar-refractivity contribution in [2.45, 2.75) is 45.4 Å². The smallest absolute Gasteiger partial charge is 0.303 e. The lowest BCUT2D eigenvalue weighted by Crippen LogP contribution is -2.33. The monoisotopic (exact) mass is 394 g/mol. The molecular formula is C22H26N4O3. The molecule has 1 aliphatic rings. The highest BCUT2D eigenvalue weighted by Gasteiger charge is 2.24. The minimum Gasteiger partial charge on any atom is -0.461 e. The summed E-state index contributed by atoms with van der Waals surface area (Å²) in [7, 11) is 0. The van der Waals surface area contributed by atoms with E-state index < -0.39 is 0 Å². The maximum absolute atomic E-state index is 10.9. The molecule has 0 unspecified atom stereocenters. The van der Waals surface area contributed by atoms with E-state index in [0.29, 0.717) is 11.7 Å². The first-order valence-corrected chi connectivity index (χ1v) is 10.0. The second-order valence-electron chi connectivity index (χ2n) is 7.43. The van der Waals surface area contributed by atoms with Crippen LogP contribution in [-0.2, 0) is 29.2 Å². The average Bonchev–Trinajstić information content (AvgIpc) is 3.37. The van der Waals surface area contributed by atoms with Crippen molar-refractivity contribution in [1.82, 2.24) is 19.4 Å². The molecule has 0 atom stereocenters. The molecule has 1 aliphatic heterocycles. The van der Waals surface area contributed by atoms with Gasteiger partial charge in [-0.1, -0.05) is 6.07 Å². The lowest BCUT2D eigenvalue weighted by Gasteiger charge is -2.31. The molecule has 0 spiro atoms. The minimum absolute atomic E-state index is 0.191. The van der Waals surface area contributed by atoms with E-state index in [-0.39, 0.29) is 12.6 Å². The topological polar surface area (TPSA) is 73.4 Å². The number of rotatable bonds is 7. The Kier molecular flexibility index (Phi) is 6.05. The van der Waals surface area contributed by atoms with Crippen LogP contribution in [0.25, 0.3) is 0 Å². The Hall–Kier alpha value is -2.93. The molecule has 7 heteroatoms. The van der Waals surface area contributed by atoms with Crippen LogP contribution in [0.4, 0.5) is 0 Å². The Morgan fingerprint density at radius 2 is 1.93 bits per heavy atom. The molecule has 0 bridgehead atoms. The van der Waals surface area contributed by atoms with Gasteiger partial charge >= 0.3 is 5.97 Å². The summed E-state index contributed by atoms with van der Waals surface area (Å²) < 4.78 is 13.0. The summed E-state index contributed by atoms with van der Waals surface area (Å²) in [4.78, 5) is 22.4. The number of hydrogen-bond donors (Lipinski definition) is 0. The lowest BCUT2D eigenvalue weighted by molar-refractivity contribution is -0.142. The molecule has 4 rings (SSSR count). The Balaban J connectivity index is 1.30. The van der Waals surface area contributed by atoms with E-state index >= 15 is 0 Å². The Labute approximate surface area is 170 Å². The van der Waals surface area contributed by atoms with Crippen LogP contribution < -0.4 is 0 Å². The summed E-state index contributed by atoms with van der Waals surface area (Å²) in [6.07, 6.45) is 7.90. The number of hydrogen-bond acceptors (Lipinski definition) is 6. The van der Waals surface area contributed by atoms with Crippen molar-refractivity contribution in [1.29, 1.82) is 0 Å². The zero-order valence-electron chi connectivity index (χ0n) is 16.7. The Morgan fingerprint density at radius 3 is 2.69 bits per heavy atom. The normalized spacial score (nSPS) is 15.5. The molecule has 0 saturated carbocycles. The van der Waals surface area contributed by atoms with Crippen LogP contribution in [-0.4, -0.2) is 38.5 Å². The Bertz CT molecular complexity index is 926. The van der Waals surface area contributed by atoms with Gasteiger partial charge in [-0.2, -0.15) is 0 Å². The molecule has 4 heterocycles. The van der Waals surface area contributed by atoms with Gasteiger partial charge in [0, 0.05) is 31.4 Å². The van der Waals surface area contributed by atoms with E-state index in [1.54, 1.807) is 0 Å². The summed E-state index contributed by atoms with van der Waals surface area (Å²) in [6, 6.07) is 9.84. The number of nitrogens with zero attached hydrogens (tertiary/aromatic N) is 4. The first-order chi connectivity index (χ1) is 14.2. The van der Waals surface area contributed by atoms with Crippen LogP contribution in [0.3, 0.4) is 0 Å². The summed E-state index contributed by atoms with van der Waals surface area (Å²) >= 11 is 0. The highest BCUT2D eigenvalue weighted by Crippen LogP contribution is 2.28. The number of likely N-dealkylation sites (tertiary alicyclic amines) is 1. The van der Waals surface area contributed by atoms with E-state index in [1.807, 2.05) is 48.9 Å². The number of imidazole rings is 1.